The predicted octanol–water partition coefficient (Wildman–Crippen LogP) is 5.98. The van der Waals surface area contributed by atoms with E-state index in [-0.39, 0.29) is 17.4 Å². The number of H-pyrrole nitrogens is 1. The normalized spacial score (nSPS) is 17.1. The molecule has 2 N–H and O–H groups in total. The fourth-order valence-corrected chi connectivity index (χ4v) is 4.70. The van der Waals surface area contributed by atoms with Crippen LogP contribution < -0.4 is 14.4 Å². The summed E-state index contributed by atoms with van der Waals surface area (Å²) >= 11 is 0. The highest BCUT2D eigenvalue weighted by Crippen LogP contribution is 2.43. The fraction of sp³-hybridized carbons (Fsp3) is 0.200. The molecule has 4 aromatic rings. The van der Waals surface area contributed by atoms with Gasteiger partial charge in [-0.15, -0.1) is 0 Å². The lowest BCUT2D eigenvalue weighted by Gasteiger charge is -2.26. The van der Waals surface area contributed by atoms with Gasteiger partial charge in [0.05, 0.1) is 24.3 Å². The minimum Gasteiger partial charge on any atom is -0.507 e. The van der Waals surface area contributed by atoms with Crippen LogP contribution in [0.3, 0.4) is 0 Å². The maximum atomic E-state index is 13.5. The van der Waals surface area contributed by atoms with E-state index >= 15 is 0 Å². The number of ketones is 1. The average molecular weight is 497 g/mol. The molecule has 7 nitrogen and oxygen atoms in total. The van der Waals surface area contributed by atoms with Crippen LogP contribution in [-0.4, -0.2) is 34.5 Å². The number of aliphatic hydroxyl groups is 1. The second-order valence-corrected chi connectivity index (χ2v) is 9.08. The molecule has 0 saturated carbocycles. The number of hydrogen-bond acceptors (Lipinski definition) is 5. The van der Waals surface area contributed by atoms with Gasteiger partial charge in [0, 0.05) is 28.4 Å². The molecule has 37 heavy (non-hydrogen) atoms. The van der Waals surface area contributed by atoms with Crippen molar-refractivity contribution in [2.24, 2.45) is 0 Å². The van der Waals surface area contributed by atoms with E-state index in [0.29, 0.717) is 34.9 Å². The predicted molar refractivity (Wildman–Crippen MR) is 143 cm³/mol. The van der Waals surface area contributed by atoms with Crippen molar-refractivity contribution < 1.29 is 24.2 Å². The molecule has 1 atom stereocenters. The third-order valence-corrected chi connectivity index (χ3v) is 6.28. The van der Waals surface area contributed by atoms with Crippen molar-refractivity contribution >= 4 is 34.0 Å². The number of carbonyl (C=O) groups is 2. The minimum atomic E-state index is -0.834. The van der Waals surface area contributed by atoms with Gasteiger partial charge in [-0.3, -0.25) is 14.5 Å². The molecule has 1 amide bonds. The standard InChI is InChI=1S/C30H28N2O5/c1-4-36-21-15-11-20(12-16-21)32-27(19-9-13-22(14-10-19)37-18(2)3)26(29(34)30(32)35)28(33)24-17-31-25-8-6-5-7-23(24)25/h5-18,27,31,33H,4H2,1-3H3/b28-26-. The van der Waals surface area contributed by atoms with Gasteiger partial charge < -0.3 is 19.6 Å². The highest BCUT2D eigenvalue weighted by Gasteiger charge is 2.47. The molecule has 1 fully saturated rings. The molecule has 1 unspecified atom stereocenters. The number of nitrogens with one attached hydrogen (secondary N) is 1. The van der Waals surface area contributed by atoms with Gasteiger partial charge in [0.25, 0.3) is 11.7 Å². The number of para-hydroxylation sites is 1. The fourth-order valence-electron chi connectivity index (χ4n) is 4.70. The van der Waals surface area contributed by atoms with Gasteiger partial charge in [-0.1, -0.05) is 30.3 Å². The maximum absolute atomic E-state index is 13.5. The third-order valence-electron chi connectivity index (χ3n) is 6.28. The zero-order chi connectivity index (χ0) is 26.1. The van der Waals surface area contributed by atoms with Gasteiger partial charge in [0.2, 0.25) is 0 Å². The Morgan fingerprint density at radius 2 is 1.65 bits per heavy atom. The van der Waals surface area contributed by atoms with Crippen LogP contribution >= 0.6 is 0 Å². The molecule has 1 aromatic heterocycles. The number of aromatic amines is 1. The van der Waals surface area contributed by atoms with E-state index in [0.717, 1.165) is 10.9 Å². The molecule has 7 heteroatoms. The molecule has 1 aliphatic rings. The summed E-state index contributed by atoms with van der Waals surface area (Å²) in [7, 11) is 0. The monoisotopic (exact) mass is 496 g/mol. The molecule has 0 aliphatic carbocycles. The van der Waals surface area contributed by atoms with Gasteiger partial charge in [-0.2, -0.15) is 0 Å². The van der Waals surface area contributed by atoms with Crippen LogP contribution in [0.25, 0.3) is 16.7 Å². The molecular formula is C30H28N2O5. The molecule has 3 aromatic carbocycles. The Morgan fingerprint density at radius 3 is 2.32 bits per heavy atom. The van der Waals surface area contributed by atoms with Crippen molar-refractivity contribution in [1.29, 1.82) is 0 Å². The lowest BCUT2D eigenvalue weighted by Crippen LogP contribution is -2.29. The summed E-state index contributed by atoms with van der Waals surface area (Å²) < 4.78 is 11.3. The van der Waals surface area contributed by atoms with Crippen molar-refractivity contribution in [3.63, 3.8) is 0 Å². The quantitative estimate of drug-likeness (QED) is 0.187. The Morgan fingerprint density at radius 1 is 0.973 bits per heavy atom. The first-order chi connectivity index (χ1) is 17.9. The summed E-state index contributed by atoms with van der Waals surface area (Å²) in [6.45, 7) is 6.29. The number of ether oxygens (including phenoxy) is 2. The average Bonchev–Trinajstić information content (AvgIpc) is 3.44. The number of aromatic nitrogens is 1. The van der Waals surface area contributed by atoms with Crippen LogP contribution in [-0.2, 0) is 9.59 Å². The summed E-state index contributed by atoms with van der Waals surface area (Å²) in [6, 6.07) is 20.9. The van der Waals surface area contributed by atoms with Crippen LogP contribution in [0.15, 0.2) is 84.6 Å². The van der Waals surface area contributed by atoms with E-state index in [1.165, 1.54) is 4.90 Å². The van der Waals surface area contributed by atoms with Crippen LogP contribution in [0, 0.1) is 0 Å². The summed E-state index contributed by atoms with van der Waals surface area (Å²) in [6.07, 6.45) is 1.66. The molecule has 1 aliphatic heterocycles. The second kappa shape index (κ2) is 9.85. The Kier molecular flexibility index (Phi) is 6.44. The number of aliphatic hydroxyl groups excluding tert-OH is 1. The lowest BCUT2D eigenvalue weighted by molar-refractivity contribution is -0.132. The molecule has 0 bridgehead atoms. The maximum Gasteiger partial charge on any atom is 0.300 e. The Balaban J connectivity index is 1.67. The van der Waals surface area contributed by atoms with Gasteiger partial charge >= 0.3 is 0 Å². The van der Waals surface area contributed by atoms with E-state index in [9.17, 15) is 14.7 Å². The third kappa shape index (κ3) is 4.44. The first kappa shape index (κ1) is 24.2. The van der Waals surface area contributed by atoms with Crippen LogP contribution in [0.2, 0.25) is 0 Å². The molecule has 0 spiro atoms. The van der Waals surface area contributed by atoms with Crippen molar-refractivity contribution in [1.82, 2.24) is 4.98 Å². The van der Waals surface area contributed by atoms with Crippen LogP contribution in [0.4, 0.5) is 5.69 Å². The summed E-state index contributed by atoms with van der Waals surface area (Å²) in [5.41, 5.74) is 2.50. The van der Waals surface area contributed by atoms with Crippen LogP contribution in [0.1, 0.15) is 37.9 Å². The number of hydrogen-bond donors (Lipinski definition) is 2. The molecular weight excluding hydrogens is 468 g/mol. The van der Waals surface area contributed by atoms with Crippen molar-refractivity contribution in [2.45, 2.75) is 32.9 Å². The van der Waals surface area contributed by atoms with Gasteiger partial charge in [0.15, 0.2) is 0 Å². The molecule has 1 saturated heterocycles. The molecule has 2 heterocycles. The summed E-state index contributed by atoms with van der Waals surface area (Å²) in [5.74, 6) is -0.347. The topological polar surface area (TPSA) is 91.9 Å². The van der Waals surface area contributed by atoms with Crippen molar-refractivity contribution in [2.75, 3.05) is 11.5 Å². The number of Topliss-reactive ketones (excluding diaryl/α,β-unsaturated/α-hetero) is 1. The summed E-state index contributed by atoms with van der Waals surface area (Å²) in [5, 5.41) is 12.3. The van der Waals surface area contributed by atoms with Crippen molar-refractivity contribution in [3.05, 3.63) is 95.7 Å². The lowest BCUT2D eigenvalue weighted by atomic mass is 9.95. The zero-order valence-corrected chi connectivity index (χ0v) is 20.9. The SMILES string of the molecule is CCOc1ccc(N2C(=O)C(=O)/C(=C(\O)c3c[nH]c4ccccc34)C2c2ccc(OC(C)C)cc2)cc1. The van der Waals surface area contributed by atoms with E-state index in [2.05, 4.69) is 4.98 Å². The molecule has 0 radical (unpaired) electrons. The van der Waals surface area contributed by atoms with Gasteiger partial charge in [-0.25, -0.2) is 0 Å². The second-order valence-electron chi connectivity index (χ2n) is 9.08. The number of benzene rings is 3. The van der Waals surface area contributed by atoms with Gasteiger partial charge in [0.1, 0.15) is 17.3 Å². The highest BCUT2D eigenvalue weighted by atomic mass is 16.5. The van der Waals surface area contributed by atoms with E-state index in [1.54, 1.807) is 42.6 Å². The number of fused-ring (bicyclic) bond motifs is 1. The van der Waals surface area contributed by atoms with E-state index in [1.807, 2.05) is 57.2 Å². The largest absolute Gasteiger partial charge is 0.507 e. The Labute approximate surface area is 214 Å². The molecule has 5 rings (SSSR count). The Hall–Kier alpha value is -4.52. The van der Waals surface area contributed by atoms with Crippen LogP contribution in [0.5, 0.6) is 11.5 Å². The zero-order valence-electron chi connectivity index (χ0n) is 20.9. The van der Waals surface area contributed by atoms with E-state index < -0.39 is 17.7 Å². The molecule has 188 valence electrons. The summed E-state index contributed by atoms with van der Waals surface area (Å²) in [4.78, 5) is 31.4. The smallest absolute Gasteiger partial charge is 0.300 e. The highest BCUT2D eigenvalue weighted by molar-refractivity contribution is 6.51. The first-order valence-corrected chi connectivity index (χ1v) is 12.3. The van der Waals surface area contributed by atoms with Gasteiger partial charge in [-0.05, 0) is 68.8 Å². The minimum absolute atomic E-state index is 0.00205. The first-order valence-electron chi connectivity index (χ1n) is 12.3. The number of nitrogens with zero attached hydrogens (tertiary/aromatic N) is 1. The van der Waals surface area contributed by atoms with Crippen molar-refractivity contribution in [3.8, 4) is 11.5 Å². The number of amides is 1. The number of carbonyl (C=O) groups excluding carboxylic acids is 2. The van der Waals surface area contributed by atoms with E-state index in [4.69, 9.17) is 9.47 Å². The number of anilines is 1. The Bertz CT molecular complexity index is 1480. The number of rotatable bonds is 7.